The number of rotatable bonds is 3. The third kappa shape index (κ3) is 2.86. The smallest absolute Gasteiger partial charge is 0.274 e. The number of aromatic nitrogens is 2. The van der Waals surface area contributed by atoms with Gasteiger partial charge in [0, 0.05) is 26.1 Å². The van der Waals surface area contributed by atoms with Crippen molar-refractivity contribution in [1.29, 1.82) is 0 Å². The molecule has 2 aromatic rings. The van der Waals surface area contributed by atoms with Crippen molar-refractivity contribution in [3.05, 3.63) is 53.7 Å². The van der Waals surface area contributed by atoms with Gasteiger partial charge in [-0.15, -0.1) is 10.2 Å². The molecule has 1 saturated heterocycles. The van der Waals surface area contributed by atoms with E-state index < -0.39 is 0 Å². The highest BCUT2D eigenvalue weighted by Gasteiger charge is 2.28. The molecule has 5 nitrogen and oxygen atoms in total. The van der Waals surface area contributed by atoms with Crippen molar-refractivity contribution < 1.29 is 4.79 Å². The molecule has 1 fully saturated rings. The first-order valence-corrected chi connectivity index (χ1v) is 7.13. The van der Waals surface area contributed by atoms with Crippen LogP contribution in [0.15, 0.2) is 42.5 Å². The maximum atomic E-state index is 12.4. The number of likely N-dealkylation sites (tertiary alicyclic amines) is 1. The Bertz CT molecular complexity index is 612. The number of hydrogen-bond acceptors (Lipinski definition) is 4. The summed E-state index contributed by atoms with van der Waals surface area (Å²) in [6.07, 6.45) is 0.998. The number of hydrogen-bond donors (Lipinski definition) is 1. The molecule has 3 rings (SSSR count). The van der Waals surface area contributed by atoms with Gasteiger partial charge in [-0.05, 0) is 24.1 Å². The molecule has 2 heterocycles. The minimum atomic E-state index is -0.0383. The Morgan fingerprint density at radius 2 is 2.00 bits per heavy atom. The fourth-order valence-electron chi connectivity index (χ4n) is 2.68. The number of amides is 1. The van der Waals surface area contributed by atoms with E-state index in [0.29, 0.717) is 17.4 Å². The molecule has 0 radical (unpaired) electrons. The van der Waals surface area contributed by atoms with E-state index >= 15 is 0 Å². The number of benzene rings is 1. The summed E-state index contributed by atoms with van der Waals surface area (Å²) in [5, 5.41) is 10.8. The summed E-state index contributed by atoms with van der Waals surface area (Å²) >= 11 is 0. The predicted octanol–water partition coefficient (Wildman–Crippen LogP) is 2.15. The first-order chi connectivity index (χ1) is 10.3. The first kappa shape index (κ1) is 13.5. The number of carbonyl (C=O) groups excluding carboxylic acids is 1. The predicted molar refractivity (Wildman–Crippen MR) is 81.3 cm³/mol. The van der Waals surface area contributed by atoms with Gasteiger partial charge in [-0.2, -0.15) is 0 Å². The summed E-state index contributed by atoms with van der Waals surface area (Å²) in [7, 11) is 1.77. The Balaban J connectivity index is 1.69. The molecule has 108 valence electrons. The van der Waals surface area contributed by atoms with Crippen LogP contribution in [0.1, 0.15) is 28.4 Å². The highest BCUT2D eigenvalue weighted by Crippen LogP contribution is 2.27. The number of anilines is 1. The number of nitrogens with zero attached hydrogens (tertiary/aromatic N) is 3. The lowest BCUT2D eigenvalue weighted by Crippen LogP contribution is -2.29. The SMILES string of the molecule is CNc1ccc(C(=O)N2CCC(c3ccccc3)C2)nn1. The van der Waals surface area contributed by atoms with E-state index in [2.05, 4.69) is 27.6 Å². The lowest BCUT2D eigenvalue weighted by Gasteiger charge is -2.16. The average Bonchev–Trinajstić information content (AvgIpc) is 3.05. The monoisotopic (exact) mass is 282 g/mol. The van der Waals surface area contributed by atoms with E-state index in [1.165, 1.54) is 5.56 Å². The average molecular weight is 282 g/mol. The molecule has 0 bridgehead atoms. The van der Waals surface area contributed by atoms with Gasteiger partial charge in [-0.1, -0.05) is 30.3 Å². The van der Waals surface area contributed by atoms with E-state index in [4.69, 9.17) is 0 Å². The second kappa shape index (κ2) is 5.91. The van der Waals surface area contributed by atoms with Crippen molar-refractivity contribution in [2.75, 3.05) is 25.5 Å². The standard InChI is InChI=1S/C16H18N4O/c1-17-15-8-7-14(18-19-15)16(21)20-10-9-13(11-20)12-5-3-2-4-6-12/h2-8,13H,9-11H2,1H3,(H,17,19). The molecule has 1 atom stereocenters. The van der Waals surface area contributed by atoms with Crippen LogP contribution in [0.2, 0.25) is 0 Å². The maximum absolute atomic E-state index is 12.4. The van der Waals surface area contributed by atoms with Crippen molar-refractivity contribution in [2.24, 2.45) is 0 Å². The summed E-state index contributed by atoms with van der Waals surface area (Å²) in [5.41, 5.74) is 1.70. The molecule has 1 N–H and O–H groups in total. The minimum absolute atomic E-state index is 0.0383. The van der Waals surface area contributed by atoms with E-state index in [1.54, 1.807) is 19.2 Å². The molecule has 1 aliphatic heterocycles. The number of carbonyl (C=O) groups is 1. The van der Waals surface area contributed by atoms with Crippen LogP contribution < -0.4 is 5.32 Å². The molecule has 5 heteroatoms. The Morgan fingerprint density at radius 1 is 1.19 bits per heavy atom. The van der Waals surface area contributed by atoms with Crippen LogP contribution in [0, 0.1) is 0 Å². The molecule has 0 spiro atoms. The molecule has 21 heavy (non-hydrogen) atoms. The molecule has 1 unspecified atom stereocenters. The first-order valence-electron chi connectivity index (χ1n) is 7.13. The third-order valence-corrected chi connectivity index (χ3v) is 3.89. The van der Waals surface area contributed by atoms with Crippen LogP contribution in [-0.4, -0.2) is 41.1 Å². The molecule has 1 aromatic carbocycles. The Hall–Kier alpha value is -2.43. The van der Waals surface area contributed by atoms with Crippen molar-refractivity contribution in [3.63, 3.8) is 0 Å². The molecule has 1 aliphatic rings. The van der Waals surface area contributed by atoms with Crippen LogP contribution in [0.4, 0.5) is 5.82 Å². The van der Waals surface area contributed by atoms with Crippen LogP contribution in [0.3, 0.4) is 0 Å². The molecule has 0 aliphatic carbocycles. The van der Waals surface area contributed by atoms with Crippen LogP contribution >= 0.6 is 0 Å². The molecular weight excluding hydrogens is 264 g/mol. The van der Waals surface area contributed by atoms with E-state index in [9.17, 15) is 4.79 Å². The van der Waals surface area contributed by atoms with E-state index in [1.807, 2.05) is 23.1 Å². The third-order valence-electron chi connectivity index (χ3n) is 3.89. The van der Waals surface area contributed by atoms with Crippen molar-refractivity contribution in [3.8, 4) is 0 Å². The van der Waals surface area contributed by atoms with Crippen molar-refractivity contribution >= 4 is 11.7 Å². The second-order valence-corrected chi connectivity index (χ2v) is 5.20. The van der Waals surface area contributed by atoms with Gasteiger partial charge >= 0.3 is 0 Å². The fraction of sp³-hybridized carbons (Fsp3) is 0.312. The summed E-state index contributed by atoms with van der Waals surface area (Å²) in [6.45, 7) is 1.52. The summed E-state index contributed by atoms with van der Waals surface area (Å²) < 4.78 is 0. The van der Waals surface area contributed by atoms with Gasteiger partial charge in [0.15, 0.2) is 5.69 Å². The maximum Gasteiger partial charge on any atom is 0.274 e. The summed E-state index contributed by atoms with van der Waals surface area (Å²) in [5.74, 6) is 1.04. The van der Waals surface area contributed by atoms with Crippen LogP contribution in [0.5, 0.6) is 0 Å². The quantitative estimate of drug-likeness (QED) is 0.937. The normalized spacial score (nSPS) is 17.8. The van der Waals surface area contributed by atoms with Crippen LogP contribution in [-0.2, 0) is 0 Å². The largest absolute Gasteiger partial charge is 0.372 e. The van der Waals surface area contributed by atoms with Gasteiger partial charge in [0.1, 0.15) is 5.82 Å². The highest BCUT2D eigenvalue weighted by molar-refractivity contribution is 5.92. The van der Waals surface area contributed by atoms with Gasteiger partial charge < -0.3 is 10.2 Å². The summed E-state index contributed by atoms with van der Waals surface area (Å²) in [4.78, 5) is 14.3. The van der Waals surface area contributed by atoms with Gasteiger partial charge in [0.05, 0.1) is 0 Å². The second-order valence-electron chi connectivity index (χ2n) is 5.20. The zero-order valence-corrected chi connectivity index (χ0v) is 12.0. The Kier molecular flexibility index (Phi) is 3.81. The summed E-state index contributed by atoms with van der Waals surface area (Å²) in [6, 6.07) is 13.8. The molecular formula is C16H18N4O. The topological polar surface area (TPSA) is 58.1 Å². The van der Waals surface area contributed by atoms with Gasteiger partial charge in [0.25, 0.3) is 5.91 Å². The highest BCUT2D eigenvalue weighted by atomic mass is 16.2. The molecule has 0 saturated carbocycles. The lowest BCUT2D eigenvalue weighted by atomic mass is 9.99. The van der Waals surface area contributed by atoms with Crippen LogP contribution in [0.25, 0.3) is 0 Å². The Labute approximate surface area is 124 Å². The fourth-order valence-corrected chi connectivity index (χ4v) is 2.68. The van der Waals surface area contributed by atoms with Gasteiger partial charge in [0.2, 0.25) is 0 Å². The molecule has 1 aromatic heterocycles. The van der Waals surface area contributed by atoms with Crippen molar-refractivity contribution in [2.45, 2.75) is 12.3 Å². The van der Waals surface area contributed by atoms with Crippen molar-refractivity contribution in [1.82, 2.24) is 15.1 Å². The van der Waals surface area contributed by atoms with E-state index in [-0.39, 0.29) is 5.91 Å². The number of nitrogens with one attached hydrogen (secondary N) is 1. The lowest BCUT2D eigenvalue weighted by molar-refractivity contribution is 0.0784. The van der Waals surface area contributed by atoms with Gasteiger partial charge in [-0.3, -0.25) is 4.79 Å². The van der Waals surface area contributed by atoms with Gasteiger partial charge in [-0.25, -0.2) is 0 Å². The molecule has 1 amide bonds. The zero-order chi connectivity index (χ0) is 14.7. The minimum Gasteiger partial charge on any atom is -0.372 e. The Morgan fingerprint density at radius 3 is 2.67 bits per heavy atom. The zero-order valence-electron chi connectivity index (χ0n) is 12.0. The van der Waals surface area contributed by atoms with E-state index in [0.717, 1.165) is 19.5 Å².